The lowest BCUT2D eigenvalue weighted by Crippen LogP contribution is -2.50. The summed E-state index contributed by atoms with van der Waals surface area (Å²) in [6.07, 6.45) is 1.47. The molecule has 0 spiro atoms. The molecule has 0 saturated carbocycles. The van der Waals surface area contributed by atoms with E-state index in [1.165, 1.54) is 6.33 Å². The van der Waals surface area contributed by atoms with Crippen molar-refractivity contribution >= 4 is 46.7 Å². The van der Waals surface area contributed by atoms with Crippen LogP contribution in [0.2, 0.25) is 10.0 Å². The van der Waals surface area contributed by atoms with Crippen LogP contribution < -0.4 is 20.3 Å². The third-order valence-corrected chi connectivity index (χ3v) is 5.52. The summed E-state index contributed by atoms with van der Waals surface area (Å²) in [4.78, 5) is 26.8. The topological polar surface area (TPSA) is 92.3 Å². The van der Waals surface area contributed by atoms with E-state index in [2.05, 4.69) is 30.5 Å². The Labute approximate surface area is 189 Å². The molecule has 3 aromatic rings. The minimum absolute atomic E-state index is 0.158. The largest absolute Gasteiger partial charge is 0.493 e. The van der Waals surface area contributed by atoms with Crippen molar-refractivity contribution in [2.45, 2.75) is 0 Å². The summed E-state index contributed by atoms with van der Waals surface area (Å²) in [5.74, 6) is 1.89. The van der Waals surface area contributed by atoms with E-state index in [0.717, 1.165) is 18.8 Å². The van der Waals surface area contributed by atoms with Gasteiger partial charge in [-0.25, -0.2) is 9.97 Å². The van der Waals surface area contributed by atoms with E-state index >= 15 is 0 Å². The lowest BCUT2D eigenvalue weighted by Gasteiger charge is -2.38. The number of benzene rings is 2. The number of hydrogen-bond donors (Lipinski definition) is 2. The Balaban J connectivity index is 1.32. The van der Waals surface area contributed by atoms with Gasteiger partial charge in [0, 0.05) is 43.4 Å². The maximum absolute atomic E-state index is 11.8. The number of nitrogens with zero attached hydrogens (tertiary/aromatic N) is 4. The Kier molecular flexibility index (Phi) is 6.39. The molecule has 10 heteroatoms. The highest BCUT2D eigenvalue weighted by molar-refractivity contribution is 6.42. The summed E-state index contributed by atoms with van der Waals surface area (Å²) < 4.78 is 5.80. The lowest BCUT2D eigenvalue weighted by atomic mass is 10.0. The molecule has 1 amide bonds. The van der Waals surface area contributed by atoms with Crippen LogP contribution in [0.15, 0.2) is 48.8 Å². The molecule has 8 nitrogen and oxygen atoms in total. The van der Waals surface area contributed by atoms with E-state index in [9.17, 15) is 4.79 Å². The second-order valence-electron chi connectivity index (χ2n) is 7.05. The number of hydrogen-bond acceptors (Lipinski definition) is 7. The van der Waals surface area contributed by atoms with Crippen molar-refractivity contribution in [3.05, 3.63) is 64.4 Å². The molecule has 2 heterocycles. The Bertz CT molecular complexity index is 1090. The molecule has 1 fully saturated rings. The molecule has 1 aromatic heterocycles. The van der Waals surface area contributed by atoms with E-state index in [1.54, 1.807) is 43.4 Å². The molecule has 0 aliphatic carbocycles. The van der Waals surface area contributed by atoms with E-state index in [0.29, 0.717) is 45.8 Å². The van der Waals surface area contributed by atoms with E-state index in [-0.39, 0.29) is 5.91 Å². The first-order chi connectivity index (χ1) is 15.0. The first-order valence-electron chi connectivity index (χ1n) is 9.63. The van der Waals surface area contributed by atoms with Gasteiger partial charge in [-0.15, -0.1) is 0 Å². The highest BCUT2D eigenvalue weighted by Gasteiger charge is 2.29. The van der Waals surface area contributed by atoms with Crippen LogP contribution in [0.25, 0.3) is 0 Å². The van der Waals surface area contributed by atoms with Crippen molar-refractivity contribution in [1.82, 2.24) is 20.3 Å². The van der Waals surface area contributed by atoms with Gasteiger partial charge in [-0.2, -0.15) is 4.98 Å². The van der Waals surface area contributed by atoms with Gasteiger partial charge in [-0.3, -0.25) is 4.79 Å². The van der Waals surface area contributed by atoms with Crippen LogP contribution in [0.5, 0.6) is 5.75 Å². The summed E-state index contributed by atoms with van der Waals surface area (Å²) in [6, 6.07) is 12.3. The Morgan fingerprint density at radius 2 is 2.00 bits per heavy atom. The van der Waals surface area contributed by atoms with Crippen molar-refractivity contribution in [2.24, 2.45) is 5.92 Å². The number of aromatic nitrogens is 3. The first kappa shape index (κ1) is 21.1. The van der Waals surface area contributed by atoms with Crippen LogP contribution in [-0.2, 0) is 0 Å². The van der Waals surface area contributed by atoms with Gasteiger partial charge >= 0.3 is 0 Å². The van der Waals surface area contributed by atoms with E-state index < -0.39 is 0 Å². The molecule has 1 aliphatic rings. The number of rotatable bonds is 7. The molecular weight excluding hydrogens is 439 g/mol. The van der Waals surface area contributed by atoms with Crippen molar-refractivity contribution in [1.29, 1.82) is 0 Å². The number of carbonyl (C=O) groups excluding carboxylic acids is 1. The minimum Gasteiger partial charge on any atom is -0.493 e. The van der Waals surface area contributed by atoms with E-state index in [4.69, 9.17) is 27.9 Å². The summed E-state index contributed by atoms with van der Waals surface area (Å²) in [5.41, 5.74) is 1.27. The molecule has 0 bridgehead atoms. The van der Waals surface area contributed by atoms with Crippen LogP contribution in [0, 0.1) is 5.92 Å². The summed E-state index contributed by atoms with van der Waals surface area (Å²) in [5, 5.41) is 6.70. The second kappa shape index (κ2) is 9.36. The average molecular weight is 459 g/mol. The first-order valence-corrected chi connectivity index (χ1v) is 10.4. The molecule has 160 valence electrons. The van der Waals surface area contributed by atoms with Crippen molar-refractivity contribution in [3.63, 3.8) is 0 Å². The average Bonchev–Trinajstić information content (AvgIpc) is 2.75. The van der Waals surface area contributed by atoms with Gasteiger partial charge in [-0.1, -0.05) is 29.3 Å². The van der Waals surface area contributed by atoms with Crippen molar-refractivity contribution < 1.29 is 9.53 Å². The number of carbonyl (C=O) groups is 1. The lowest BCUT2D eigenvalue weighted by molar-refractivity contribution is 0.0963. The monoisotopic (exact) mass is 458 g/mol. The normalized spacial score (nSPS) is 13.5. The predicted molar refractivity (Wildman–Crippen MR) is 121 cm³/mol. The maximum Gasteiger partial charge on any atom is 0.251 e. The molecule has 1 saturated heterocycles. The summed E-state index contributed by atoms with van der Waals surface area (Å²) in [6.45, 7) is 2.12. The standard InChI is InChI=1S/C21H20Cl2N6O2/c1-24-19(30)14-3-2-4-15(7-14)27-20-25-12-26-21(28-20)29-9-13(10-29)11-31-16-5-6-17(22)18(23)8-16/h2-8,12-13H,9-11H2,1H3,(H,24,30)(H,25,26,27,28). The van der Waals surface area contributed by atoms with Gasteiger partial charge in [0.1, 0.15) is 12.1 Å². The third-order valence-electron chi connectivity index (χ3n) is 4.78. The number of halogens is 2. The van der Waals surface area contributed by atoms with E-state index in [1.807, 2.05) is 6.07 Å². The fraction of sp³-hybridized carbons (Fsp3) is 0.238. The molecule has 31 heavy (non-hydrogen) atoms. The van der Waals surface area contributed by atoms with Gasteiger partial charge in [0.05, 0.1) is 16.7 Å². The highest BCUT2D eigenvalue weighted by atomic mass is 35.5. The Morgan fingerprint density at radius 3 is 2.77 bits per heavy atom. The quantitative estimate of drug-likeness (QED) is 0.555. The highest BCUT2D eigenvalue weighted by Crippen LogP contribution is 2.28. The zero-order valence-electron chi connectivity index (χ0n) is 16.7. The SMILES string of the molecule is CNC(=O)c1cccc(Nc2ncnc(N3CC(COc4ccc(Cl)c(Cl)c4)C3)n2)c1. The Hall–Kier alpha value is -3.10. The molecule has 0 unspecified atom stereocenters. The van der Waals surface area contributed by atoms with Crippen molar-refractivity contribution in [2.75, 3.05) is 37.0 Å². The molecule has 2 aromatic carbocycles. The smallest absolute Gasteiger partial charge is 0.251 e. The fourth-order valence-electron chi connectivity index (χ4n) is 3.13. The third kappa shape index (κ3) is 5.15. The van der Waals surface area contributed by atoms with Crippen LogP contribution in [0.4, 0.5) is 17.6 Å². The summed E-state index contributed by atoms with van der Waals surface area (Å²) in [7, 11) is 1.59. The molecular formula is C21H20Cl2N6O2. The maximum atomic E-state index is 11.8. The van der Waals surface area contributed by atoms with Crippen LogP contribution in [-0.4, -0.2) is 47.6 Å². The van der Waals surface area contributed by atoms with Gasteiger partial charge in [0.15, 0.2) is 0 Å². The zero-order valence-corrected chi connectivity index (χ0v) is 18.2. The number of anilines is 3. The molecule has 2 N–H and O–H groups in total. The zero-order chi connectivity index (χ0) is 21.8. The van der Waals surface area contributed by atoms with Crippen molar-refractivity contribution in [3.8, 4) is 5.75 Å². The molecule has 4 rings (SSSR count). The van der Waals surface area contributed by atoms with Gasteiger partial charge in [0.2, 0.25) is 11.9 Å². The number of amides is 1. The predicted octanol–water partition coefficient (Wildman–Crippen LogP) is 3.80. The number of ether oxygens (including phenoxy) is 1. The van der Waals surface area contributed by atoms with Gasteiger partial charge < -0.3 is 20.3 Å². The summed E-state index contributed by atoms with van der Waals surface area (Å²) >= 11 is 11.9. The molecule has 1 aliphatic heterocycles. The Morgan fingerprint density at radius 1 is 1.16 bits per heavy atom. The second-order valence-corrected chi connectivity index (χ2v) is 7.87. The fourth-order valence-corrected chi connectivity index (χ4v) is 3.42. The van der Waals surface area contributed by atoms with Crippen LogP contribution in [0.3, 0.4) is 0 Å². The molecule has 0 atom stereocenters. The minimum atomic E-state index is -0.158. The van der Waals surface area contributed by atoms with Gasteiger partial charge in [0.25, 0.3) is 5.91 Å². The van der Waals surface area contributed by atoms with Gasteiger partial charge in [-0.05, 0) is 30.3 Å². The van der Waals surface area contributed by atoms with Crippen LogP contribution in [0.1, 0.15) is 10.4 Å². The number of nitrogens with one attached hydrogen (secondary N) is 2. The molecule has 0 radical (unpaired) electrons. The van der Waals surface area contributed by atoms with Crippen LogP contribution >= 0.6 is 23.2 Å².